The first-order chi connectivity index (χ1) is 10.8. The average molecular weight is 298 g/mol. The molecule has 1 aliphatic heterocycles. The van der Waals surface area contributed by atoms with Gasteiger partial charge in [-0.1, -0.05) is 13.0 Å². The summed E-state index contributed by atoms with van der Waals surface area (Å²) >= 11 is 0. The van der Waals surface area contributed by atoms with Crippen molar-refractivity contribution >= 4 is 5.91 Å². The molecule has 5 heteroatoms. The van der Waals surface area contributed by atoms with E-state index in [4.69, 9.17) is 0 Å². The van der Waals surface area contributed by atoms with E-state index in [2.05, 4.69) is 22.1 Å². The summed E-state index contributed by atoms with van der Waals surface area (Å²) in [6.45, 7) is 5.30. The van der Waals surface area contributed by atoms with Crippen LogP contribution in [0.5, 0.6) is 0 Å². The molecule has 2 heterocycles. The highest BCUT2D eigenvalue weighted by atomic mass is 16.1. The Bertz CT molecular complexity index is 623. The van der Waals surface area contributed by atoms with Crippen molar-refractivity contribution in [2.45, 2.75) is 25.8 Å². The highest BCUT2D eigenvalue weighted by molar-refractivity contribution is 5.94. The monoisotopic (exact) mass is 298 g/mol. The fourth-order valence-electron chi connectivity index (χ4n) is 2.95. The molecule has 0 unspecified atom stereocenters. The van der Waals surface area contributed by atoms with Crippen LogP contribution in [0.3, 0.4) is 0 Å². The Balaban J connectivity index is 1.68. The van der Waals surface area contributed by atoms with Crippen LogP contribution in [0.2, 0.25) is 0 Å². The second kappa shape index (κ2) is 6.75. The first-order valence-corrected chi connectivity index (χ1v) is 7.88. The summed E-state index contributed by atoms with van der Waals surface area (Å²) in [6.07, 6.45) is 7.54. The van der Waals surface area contributed by atoms with Gasteiger partial charge < -0.3 is 14.8 Å². The van der Waals surface area contributed by atoms with Crippen LogP contribution >= 0.6 is 0 Å². The molecule has 0 bridgehead atoms. The lowest BCUT2D eigenvalue weighted by Crippen LogP contribution is -2.47. The fourth-order valence-corrected chi connectivity index (χ4v) is 2.95. The molecule has 0 aliphatic carbocycles. The van der Waals surface area contributed by atoms with Crippen molar-refractivity contribution in [1.82, 2.24) is 19.8 Å². The number of nitrogens with zero attached hydrogens (tertiary/aromatic N) is 3. The van der Waals surface area contributed by atoms with Crippen molar-refractivity contribution in [3.63, 3.8) is 0 Å². The first kappa shape index (κ1) is 14.8. The molecule has 2 aromatic rings. The van der Waals surface area contributed by atoms with Gasteiger partial charge >= 0.3 is 0 Å². The Kier molecular flexibility index (Phi) is 4.53. The first-order valence-electron chi connectivity index (χ1n) is 7.88. The Morgan fingerprint density at radius 3 is 3.14 bits per heavy atom. The number of likely N-dealkylation sites (N-methyl/N-ethyl adjacent to an activating group) is 1. The number of piperidine rings is 1. The van der Waals surface area contributed by atoms with E-state index in [-0.39, 0.29) is 11.9 Å². The van der Waals surface area contributed by atoms with Gasteiger partial charge in [-0.05, 0) is 44.1 Å². The second-order valence-corrected chi connectivity index (χ2v) is 5.73. The van der Waals surface area contributed by atoms with Crippen molar-refractivity contribution in [2.75, 3.05) is 19.6 Å². The standard InChI is InChI=1S/C17H22N4O/c1-2-20-9-4-6-15(12-20)19-17(22)14-5-3-7-16(11-14)21-10-8-18-13-21/h3,5,7-8,10-11,13,15H,2,4,6,9,12H2,1H3,(H,19,22)/t15-/m0/s1. The van der Waals surface area contributed by atoms with Gasteiger partial charge in [0.25, 0.3) is 5.91 Å². The predicted molar refractivity (Wildman–Crippen MR) is 86.2 cm³/mol. The average Bonchev–Trinajstić information content (AvgIpc) is 3.09. The molecule has 1 fully saturated rings. The molecule has 22 heavy (non-hydrogen) atoms. The van der Waals surface area contributed by atoms with Crippen molar-refractivity contribution in [3.8, 4) is 5.69 Å². The molecule has 1 aromatic carbocycles. The van der Waals surface area contributed by atoms with Gasteiger partial charge in [0.05, 0.1) is 6.33 Å². The second-order valence-electron chi connectivity index (χ2n) is 5.73. The Hall–Kier alpha value is -2.14. The lowest BCUT2D eigenvalue weighted by Gasteiger charge is -2.32. The van der Waals surface area contributed by atoms with Gasteiger partial charge in [-0.25, -0.2) is 4.98 Å². The van der Waals surface area contributed by atoms with Gasteiger partial charge in [-0.2, -0.15) is 0 Å². The lowest BCUT2D eigenvalue weighted by molar-refractivity contribution is 0.0906. The Morgan fingerprint density at radius 1 is 1.45 bits per heavy atom. The van der Waals surface area contributed by atoms with Gasteiger partial charge in [-0.3, -0.25) is 4.79 Å². The third-order valence-electron chi connectivity index (χ3n) is 4.20. The van der Waals surface area contributed by atoms with Crippen molar-refractivity contribution in [3.05, 3.63) is 48.5 Å². The number of imidazole rings is 1. The predicted octanol–water partition coefficient (Wildman–Crippen LogP) is 2.09. The molecule has 1 atom stereocenters. The van der Waals surface area contributed by atoms with Crippen LogP contribution in [0.1, 0.15) is 30.1 Å². The van der Waals surface area contributed by atoms with Crippen molar-refractivity contribution in [2.24, 2.45) is 0 Å². The van der Waals surface area contributed by atoms with E-state index in [1.165, 1.54) is 0 Å². The zero-order chi connectivity index (χ0) is 15.4. The van der Waals surface area contributed by atoms with Crippen LogP contribution in [0.25, 0.3) is 5.69 Å². The molecular weight excluding hydrogens is 276 g/mol. The number of hydrogen-bond donors (Lipinski definition) is 1. The molecule has 1 saturated heterocycles. The molecule has 3 rings (SSSR count). The minimum Gasteiger partial charge on any atom is -0.348 e. The molecule has 116 valence electrons. The third kappa shape index (κ3) is 3.36. The van der Waals surface area contributed by atoms with Crippen LogP contribution in [-0.4, -0.2) is 46.0 Å². The number of benzene rings is 1. The van der Waals surface area contributed by atoms with E-state index in [0.29, 0.717) is 5.56 Å². The molecular formula is C17H22N4O. The van der Waals surface area contributed by atoms with Crippen molar-refractivity contribution in [1.29, 1.82) is 0 Å². The number of likely N-dealkylation sites (tertiary alicyclic amines) is 1. The topological polar surface area (TPSA) is 50.2 Å². The Morgan fingerprint density at radius 2 is 2.36 bits per heavy atom. The van der Waals surface area contributed by atoms with Crippen molar-refractivity contribution < 1.29 is 4.79 Å². The normalized spacial score (nSPS) is 19.0. The summed E-state index contributed by atoms with van der Waals surface area (Å²) in [4.78, 5) is 18.9. The summed E-state index contributed by atoms with van der Waals surface area (Å²) < 4.78 is 1.90. The van der Waals surface area contributed by atoms with Gasteiger partial charge in [0.15, 0.2) is 0 Å². The molecule has 1 aliphatic rings. The number of amides is 1. The summed E-state index contributed by atoms with van der Waals surface area (Å²) in [5, 5.41) is 3.17. The summed E-state index contributed by atoms with van der Waals surface area (Å²) in [6, 6.07) is 7.88. The maximum absolute atomic E-state index is 12.5. The minimum absolute atomic E-state index is 0.00455. The van der Waals surface area contributed by atoms with Crippen LogP contribution in [0.4, 0.5) is 0 Å². The van der Waals surface area contributed by atoms with E-state index >= 15 is 0 Å². The smallest absolute Gasteiger partial charge is 0.251 e. The maximum Gasteiger partial charge on any atom is 0.251 e. The summed E-state index contributed by atoms with van der Waals surface area (Å²) in [7, 11) is 0. The number of aromatic nitrogens is 2. The molecule has 0 radical (unpaired) electrons. The number of carbonyl (C=O) groups is 1. The summed E-state index contributed by atoms with van der Waals surface area (Å²) in [5.74, 6) is 0.00455. The van der Waals surface area contributed by atoms with Crippen LogP contribution in [-0.2, 0) is 0 Å². The highest BCUT2D eigenvalue weighted by Crippen LogP contribution is 2.13. The SMILES string of the molecule is CCN1CCC[C@H](NC(=O)c2cccc(-n3ccnc3)c2)C1. The minimum atomic E-state index is 0.00455. The maximum atomic E-state index is 12.5. The number of carbonyl (C=O) groups excluding carboxylic acids is 1. The highest BCUT2D eigenvalue weighted by Gasteiger charge is 2.20. The Labute approximate surface area is 131 Å². The molecule has 1 aromatic heterocycles. The van der Waals surface area contributed by atoms with Gasteiger partial charge in [0.2, 0.25) is 0 Å². The molecule has 5 nitrogen and oxygen atoms in total. The molecule has 0 saturated carbocycles. The van der Waals surface area contributed by atoms with E-state index < -0.39 is 0 Å². The van der Waals surface area contributed by atoms with Crippen LogP contribution in [0.15, 0.2) is 43.0 Å². The molecule has 0 spiro atoms. The van der Waals surface area contributed by atoms with E-state index in [0.717, 1.165) is 38.2 Å². The zero-order valence-electron chi connectivity index (χ0n) is 12.9. The largest absolute Gasteiger partial charge is 0.348 e. The molecule has 1 N–H and O–H groups in total. The summed E-state index contributed by atoms with van der Waals surface area (Å²) in [5.41, 5.74) is 1.64. The molecule has 1 amide bonds. The van der Waals surface area contributed by atoms with Gasteiger partial charge in [0.1, 0.15) is 0 Å². The quantitative estimate of drug-likeness (QED) is 0.940. The number of rotatable bonds is 4. The zero-order valence-corrected chi connectivity index (χ0v) is 12.9. The lowest BCUT2D eigenvalue weighted by atomic mass is 10.0. The third-order valence-corrected chi connectivity index (χ3v) is 4.20. The van der Waals surface area contributed by atoms with Crippen LogP contribution < -0.4 is 5.32 Å². The fraction of sp³-hybridized carbons (Fsp3) is 0.412. The van der Waals surface area contributed by atoms with Gasteiger partial charge in [-0.15, -0.1) is 0 Å². The van der Waals surface area contributed by atoms with E-state index in [9.17, 15) is 4.79 Å². The number of nitrogens with one attached hydrogen (secondary N) is 1. The van der Waals surface area contributed by atoms with E-state index in [1.54, 1.807) is 12.5 Å². The number of hydrogen-bond acceptors (Lipinski definition) is 3. The van der Waals surface area contributed by atoms with Crippen LogP contribution in [0, 0.1) is 0 Å². The van der Waals surface area contributed by atoms with Gasteiger partial charge in [0, 0.05) is 36.2 Å². The van der Waals surface area contributed by atoms with E-state index in [1.807, 2.05) is 35.0 Å².